The van der Waals surface area contributed by atoms with Gasteiger partial charge in [-0.05, 0) is 40.0 Å². The molecule has 7 heteroatoms. The number of ether oxygens (including phenoxy) is 1. The van der Waals surface area contributed by atoms with Crippen LogP contribution in [-0.2, 0) is 11.3 Å². The summed E-state index contributed by atoms with van der Waals surface area (Å²) in [6, 6.07) is 9.30. The highest BCUT2D eigenvalue weighted by molar-refractivity contribution is 5.67. The smallest absolute Gasteiger partial charge is 0.407 e. The Morgan fingerprint density at radius 2 is 2.04 bits per heavy atom. The average molecular weight is 356 g/mol. The number of hydrogen-bond donors (Lipinski definition) is 1. The first-order valence-electron chi connectivity index (χ1n) is 8.37. The quantitative estimate of drug-likeness (QED) is 0.855. The standard InChI is InChI=1S/C19H24N4O3/c1-19(2,3)26-18(24)21-9-10-23(4)12-16-17(22-13-25-16)15-7-5-14(11-20)6-8-15/h5-8,13H,9-10,12H2,1-4H3,(H,21,24). The number of carbonyl (C=O) groups excluding carboxylic acids is 1. The van der Waals surface area contributed by atoms with Crippen molar-refractivity contribution in [3.05, 3.63) is 42.0 Å². The first-order chi connectivity index (χ1) is 12.3. The van der Waals surface area contributed by atoms with Gasteiger partial charge in [0.1, 0.15) is 17.1 Å². The van der Waals surface area contributed by atoms with Crippen LogP contribution in [0.3, 0.4) is 0 Å². The molecule has 0 fully saturated rings. The van der Waals surface area contributed by atoms with Gasteiger partial charge in [0.05, 0.1) is 18.2 Å². The molecule has 1 aromatic heterocycles. The van der Waals surface area contributed by atoms with Crippen LogP contribution < -0.4 is 5.32 Å². The molecule has 1 amide bonds. The molecular formula is C19H24N4O3. The van der Waals surface area contributed by atoms with Crippen LogP contribution in [0.2, 0.25) is 0 Å². The van der Waals surface area contributed by atoms with Crippen LogP contribution in [0.25, 0.3) is 11.3 Å². The van der Waals surface area contributed by atoms with Gasteiger partial charge in [0.15, 0.2) is 6.39 Å². The van der Waals surface area contributed by atoms with Gasteiger partial charge in [0.2, 0.25) is 0 Å². The molecule has 0 saturated heterocycles. The molecule has 0 aliphatic carbocycles. The number of aromatic nitrogens is 1. The Balaban J connectivity index is 1.88. The molecule has 26 heavy (non-hydrogen) atoms. The van der Waals surface area contributed by atoms with Crippen molar-refractivity contribution >= 4 is 6.09 Å². The minimum absolute atomic E-state index is 0.427. The van der Waals surface area contributed by atoms with Gasteiger partial charge >= 0.3 is 6.09 Å². The Morgan fingerprint density at radius 1 is 1.35 bits per heavy atom. The normalized spacial score (nSPS) is 11.2. The van der Waals surface area contributed by atoms with Crippen LogP contribution >= 0.6 is 0 Å². The number of alkyl carbamates (subject to hydrolysis) is 1. The lowest BCUT2D eigenvalue weighted by molar-refractivity contribution is 0.0523. The Labute approximate surface area is 153 Å². The number of hydrogen-bond acceptors (Lipinski definition) is 6. The van der Waals surface area contributed by atoms with Gasteiger partial charge < -0.3 is 14.5 Å². The second-order valence-electron chi connectivity index (χ2n) is 6.98. The van der Waals surface area contributed by atoms with Crippen molar-refractivity contribution in [3.63, 3.8) is 0 Å². The topological polar surface area (TPSA) is 91.4 Å². The van der Waals surface area contributed by atoms with E-state index in [1.54, 1.807) is 12.1 Å². The second kappa shape index (κ2) is 8.50. The van der Waals surface area contributed by atoms with Crippen LogP contribution in [0.15, 0.2) is 35.1 Å². The third-order valence-corrected chi connectivity index (χ3v) is 3.50. The molecule has 138 valence electrons. The molecule has 0 aliphatic rings. The molecule has 7 nitrogen and oxygen atoms in total. The molecule has 1 aromatic carbocycles. The lowest BCUT2D eigenvalue weighted by atomic mass is 10.1. The first-order valence-corrected chi connectivity index (χ1v) is 8.37. The van der Waals surface area contributed by atoms with Gasteiger partial charge in [0, 0.05) is 18.7 Å². The SMILES string of the molecule is CN(CCNC(=O)OC(C)(C)C)Cc1ocnc1-c1ccc(C#N)cc1. The number of likely N-dealkylation sites (N-methyl/N-ethyl adjacent to an activating group) is 1. The molecule has 1 N–H and O–H groups in total. The first kappa shape index (κ1) is 19.5. The molecule has 0 unspecified atom stereocenters. The minimum Gasteiger partial charge on any atom is -0.446 e. The number of nitrogens with zero attached hydrogens (tertiary/aromatic N) is 3. The van der Waals surface area contributed by atoms with Gasteiger partial charge in [-0.2, -0.15) is 5.26 Å². The van der Waals surface area contributed by atoms with E-state index in [1.807, 2.05) is 44.9 Å². The van der Waals surface area contributed by atoms with Crippen molar-refractivity contribution in [1.82, 2.24) is 15.2 Å². The molecule has 2 rings (SSSR count). The third-order valence-electron chi connectivity index (χ3n) is 3.50. The van der Waals surface area contributed by atoms with Crippen LogP contribution in [0.5, 0.6) is 0 Å². The van der Waals surface area contributed by atoms with E-state index < -0.39 is 11.7 Å². The summed E-state index contributed by atoms with van der Waals surface area (Å²) in [4.78, 5) is 17.9. The van der Waals surface area contributed by atoms with Crippen LogP contribution in [-0.4, -0.2) is 41.7 Å². The summed E-state index contributed by atoms with van der Waals surface area (Å²) in [6.07, 6.45) is 0.985. The predicted octanol–water partition coefficient (Wildman–Crippen LogP) is 3.17. The lowest BCUT2D eigenvalue weighted by Gasteiger charge is -2.21. The summed E-state index contributed by atoms with van der Waals surface area (Å²) in [5, 5.41) is 11.6. The van der Waals surface area contributed by atoms with Crippen molar-refractivity contribution in [2.45, 2.75) is 32.9 Å². The zero-order valence-electron chi connectivity index (χ0n) is 15.6. The number of oxazole rings is 1. The highest BCUT2D eigenvalue weighted by atomic mass is 16.6. The fourth-order valence-electron chi connectivity index (χ4n) is 2.31. The van der Waals surface area contributed by atoms with E-state index in [0.29, 0.717) is 25.2 Å². The summed E-state index contributed by atoms with van der Waals surface area (Å²) in [5.74, 6) is 0.731. The summed E-state index contributed by atoms with van der Waals surface area (Å²) in [7, 11) is 1.93. The maximum atomic E-state index is 11.6. The number of benzene rings is 1. The minimum atomic E-state index is -0.508. The number of rotatable bonds is 6. The van der Waals surface area contributed by atoms with Gasteiger partial charge in [0.25, 0.3) is 0 Å². The predicted molar refractivity (Wildman–Crippen MR) is 97.2 cm³/mol. The summed E-state index contributed by atoms with van der Waals surface area (Å²) in [6.45, 7) is 7.12. The highest BCUT2D eigenvalue weighted by Gasteiger charge is 2.16. The van der Waals surface area contributed by atoms with Gasteiger partial charge in [-0.25, -0.2) is 9.78 Å². The molecule has 0 radical (unpaired) electrons. The van der Waals surface area contributed by atoms with Crippen LogP contribution in [0, 0.1) is 11.3 Å². The fourth-order valence-corrected chi connectivity index (χ4v) is 2.31. The molecule has 0 aliphatic heterocycles. The van der Waals surface area contributed by atoms with Crippen molar-refractivity contribution in [2.75, 3.05) is 20.1 Å². The van der Waals surface area contributed by atoms with Gasteiger partial charge in [-0.1, -0.05) is 12.1 Å². The Kier molecular flexibility index (Phi) is 6.36. The zero-order chi connectivity index (χ0) is 19.2. The van der Waals surface area contributed by atoms with Crippen LogP contribution in [0.4, 0.5) is 4.79 Å². The Hall–Kier alpha value is -2.85. The summed E-state index contributed by atoms with van der Waals surface area (Å²) in [5.41, 5.74) is 1.74. The van der Waals surface area contributed by atoms with Crippen molar-refractivity contribution in [1.29, 1.82) is 5.26 Å². The zero-order valence-corrected chi connectivity index (χ0v) is 15.6. The van der Waals surface area contributed by atoms with E-state index in [4.69, 9.17) is 14.4 Å². The summed E-state index contributed by atoms with van der Waals surface area (Å²) < 4.78 is 10.7. The number of carbonyl (C=O) groups is 1. The van der Waals surface area contributed by atoms with Crippen molar-refractivity contribution < 1.29 is 13.9 Å². The molecule has 2 aromatic rings. The van der Waals surface area contributed by atoms with E-state index in [-0.39, 0.29) is 0 Å². The van der Waals surface area contributed by atoms with Gasteiger partial charge in [-0.3, -0.25) is 4.90 Å². The fraction of sp³-hybridized carbons (Fsp3) is 0.421. The molecule has 0 atom stereocenters. The largest absolute Gasteiger partial charge is 0.446 e. The van der Waals surface area contributed by atoms with Crippen molar-refractivity contribution in [2.24, 2.45) is 0 Å². The van der Waals surface area contributed by atoms with Crippen LogP contribution in [0.1, 0.15) is 32.1 Å². The second-order valence-corrected chi connectivity index (χ2v) is 6.98. The Bertz CT molecular complexity index is 769. The number of amides is 1. The van der Waals surface area contributed by atoms with E-state index >= 15 is 0 Å². The molecular weight excluding hydrogens is 332 g/mol. The molecule has 0 saturated carbocycles. The molecule has 0 spiro atoms. The lowest BCUT2D eigenvalue weighted by Crippen LogP contribution is -2.36. The van der Waals surface area contributed by atoms with E-state index in [1.165, 1.54) is 6.39 Å². The maximum Gasteiger partial charge on any atom is 0.407 e. The monoisotopic (exact) mass is 356 g/mol. The van der Waals surface area contributed by atoms with Crippen molar-refractivity contribution in [3.8, 4) is 17.3 Å². The van der Waals surface area contributed by atoms with Gasteiger partial charge in [-0.15, -0.1) is 0 Å². The third kappa shape index (κ3) is 5.90. The average Bonchev–Trinajstić information content (AvgIpc) is 3.01. The maximum absolute atomic E-state index is 11.6. The molecule has 1 heterocycles. The number of nitriles is 1. The molecule has 0 bridgehead atoms. The summed E-state index contributed by atoms with van der Waals surface area (Å²) >= 11 is 0. The van der Waals surface area contributed by atoms with E-state index in [2.05, 4.69) is 16.4 Å². The van der Waals surface area contributed by atoms with E-state index in [9.17, 15) is 4.79 Å². The van der Waals surface area contributed by atoms with E-state index in [0.717, 1.165) is 17.0 Å². The Morgan fingerprint density at radius 3 is 2.65 bits per heavy atom. The highest BCUT2D eigenvalue weighted by Crippen LogP contribution is 2.23. The number of nitrogens with one attached hydrogen (secondary N) is 1.